The van der Waals surface area contributed by atoms with Crippen LogP contribution in [-0.2, 0) is 14.3 Å². The molecule has 0 bridgehead atoms. The van der Waals surface area contributed by atoms with E-state index in [1.54, 1.807) is 17.0 Å². The Morgan fingerprint density at radius 2 is 1.90 bits per heavy atom. The van der Waals surface area contributed by atoms with E-state index in [0.717, 1.165) is 12.8 Å². The number of ketones is 1. The van der Waals surface area contributed by atoms with E-state index in [-0.39, 0.29) is 30.3 Å². The van der Waals surface area contributed by atoms with Crippen molar-refractivity contribution < 1.29 is 19.1 Å². The van der Waals surface area contributed by atoms with Crippen molar-refractivity contribution in [3.63, 3.8) is 0 Å². The van der Waals surface area contributed by atoms with Crippen LogP contribution in [0.25, 0.3) is 0 Å². The second-order valence-corrected chi connectivity index (χ2v) is 8.78. The van der Waals surface area contributed by atoms with Gasteiger partial charge in [-0.2, -0.15) is 0 Å². The third kappa shape index (κ3) is 3.82. The second kappa shape index (κ2) is 8.27. The van der Waals surface area contributed by atoms with E-state index in [0.29, 0.717) is 30.9 Å². The number of hydrogen-bond donors (Lipinski definition) is 1. The minimum Gasteiger partial charge on any atom is -0.367 e. The minimum atomic E-state index is -0.903. The van der Waals surface area contributed by atoms with Gasteiger partial charge in [-0.25, -0.2) is 0 Å². The summed E-state index contributed by atoms with van der Waals surface area (Å²) in [6.07, 6.45) is 6.82. The fourth-order valence-corrected chi connectivity index (χ4v) is 5.17. The summed E-state index contributed by atoms with van der Waals surface area (Å²) in [5, 5.41) is 2.99. The highest BCUT2D eigenvalue weighted by Crippen LogP contribution is 2.38. The molecule has 3 aliphatic rings. The number of ether oxygens (including phenoxy) is 1. The first-order valence-electron chi connectivity index (χ1n) is 10.8. The van der Waals surface area contributed by atoms with Gasteiger partial charge in [-0.05, 0) is 37.8 Å². The summed E-state index contributed by atoms with van der Waals surface area (Å²) >= 11 is 0. The number of carbonyl (C=O) groups is 3. The molecule has 0 aromatic heterocycles. The molecule has 1 aromatic carbocycles. The van der Waals surface area contributed by atoms with Crippen LogP contribution in [-0.4, -0.2) is 53.3 Å². The molecule has 1 saturated carbocycles. The molecule has 1 aliphatic carbocycles. The van der Waals surface area contributed by atoms with Crippen molar-refractivity contribution in [2.75, 3.05) is 13.2 Å². The van der Waals surface area contributed by atoms with Gasteiger partial charge in [-0.3, -0.25) is 14.4 Å². The molecular formula is C23H30N2O4. The number of Topliss-reactive ketones (excluding diaryl/α,β-unsaturated/α-hetero) is 1. The molecule has 3 atom stereocenters. The fourth-order valence-electron chi connectivity index (χ4n) is 5.17. The lowest BCUT2D eigenvalue weighted by molar-refractivity contribution is -0.143. The zero-order valence-electron chi connectivity index (χ0n) is 17.1. The van der Waals surface area contributed by atoms with Crippen molar-refractivity contribution in [3.8, 4) is 0 Å². The Kier molecular flexibility index (Phi) is 5.72. The number of hydrogen-bond acceptors (Lipinski definition) is 4. The number of amides is 2. The van der Waals surface area contributed by atoms with E-state index < -0.39 is 11.6 Å². The molecule has 156 valence electrons. The summed E-state index contributed by atoms with van der Waals surface area (Å²) in [7, 11) is 0. The van der Waals surface area contributed by atoms with Crippen LogP contribution in [0, 0.1) is 5.92 Å². The fraction of sp³-hybridized carbons (Fsp3) is 0.609. The van der Waals surface area contributed by atoms with Gasteiger partial charge < -0.3 is 15.0 Å². The third-order valence-corrected chi connectivity index (χ3v) is 6.98. The van der Waals surface area contributed by atoms with E-state index >= 15 is 0 Å². The van der Waals surface area contributed by atoms with Gasteiger partial charge in [0.05, 0.1) is 6.10 Å². The van der Waals surface area contributed by atoms with Crippen molar-refractivity contribution in [1.82, 2.24) is 10.2 Å². The number of rotatable bonds is 5. The standard InChI is InChI=1S/C23H30N2O4/c1-23-19(26)15-29-20(23)12-13-25(23)22(28)18(14-16-8-4-2-5-9-16)24-21(27)17-10-6-3-7-11-17/h3,6-7,10-11,16,18,20H,2,4-5,8-9,12-15H2,1H3,(H,24,27)/t18-,20+,23?/m0/s1. The lowest BCUT2D eigenvalue weighted by Gasteiger charge is -2.36. The molecule has 3 fully saturated rings. The van der Waals surface area contributed by atoms with Crippen LogP contribution in [0.15, 0.2) is 30.3 Å². The van der Waals surface area contributed by atoms with Crippen LogP contribution in [0.4, 0.5) is 0 Å². The van der Waals surface area contributed by atoms with E-state index in [9.17, 15) is 14.4 Å². The van der Waals surface area contributed by atoms with Gasteiger partial charge in [0.1, 0.15) is 18.2 Å². The maximum absolute atomic E-state index is 13.6. The summed E-state index contributed by atoms with van der Waals surface area (Å²) in [4.78, 5) is 40.6. The van der Waals surface area contributed by atoms with Crippen LogP contribution in [0.5, 0.6) is 0 Å². The van der Waals surface area contributed by atoms with Gasteiger partial charge in [-0.1, -0.05) is 50.3 Å². The Balaban J connectivity index is 1.54. The molecule has 6 heteroatoms. The maximum atomic E-state index is 13.6. The Morgan fingerprint density at radius 3 is 2.62 bits per heavy atom. The lowest BCUT2D eigenvalue weighted by Crippen LogP contribution is -2.58. The van der Waals surface area contributed by atoms with Crippen molar-refractivity contribution in [3.05, 3.63) is 35.9 Å². The smallest absolute Gasteiger partial charge is 0.251 e. The number of carbonyl (C=O) groups excluding carboxylic acids is 3. The molecule has 2 heterocycles. The Bertz CT molecular complexity index is 774. The summed E-state index contributed by atoms with van der Waals surface area (Å²) < 4.78 is 5.62. The molecule has 4 rings (SSSR count). The molecule has 1 aromatic rings. The molecule has 6 nitrogen and oxygen atoms in total. The Morgan fingerprint density at radius 1 is 1.17 bits per heavy atom. The number of likely N-dealkylation sites (tertiary alicyclic amines) is 1. The highest BCUT2D eigenvalue weighted by Gasteiger charge is 2.57. The molecule has 1 unspecified atom stereocenters. The number of nitrogens with zero attached hydrogens (tertiary/aromatic N) is 1. The van der Waals surface area contributed by atoms with Gasteiger partial charge in [0, 0.05) is 12.1 Å². The average molecular weight is 399 g/mol. The lowest BCUT2D eigenvalue weighted by atomic mass is 9.84. The number of nitrogens with one attached hydrogen (secondary N) is 1. The topological polar surface area (TPSA) is 75.7 Å². The van der Waals surface area contributed by atoms with Crippen LogP contribution in [0.3, 0.4) is 0 Å². The van der Waals surface area contributed by atoms with Gasteiger partial charge in [0.25, 0.3) is 5.91 Å². The molecular weight excluding hydrogens is 368 g/mol. The van der Waals surface area contributed by atoms with Crippen LogP contribution in [0.2, 0.25) is 0 Å². The zero-order valence-corrected chi connectivity index (χ0v) is 17.1. The summed E-state index contributed by atoms with van der Waals surface area (Å²) in [6, 6.07) is 8.37. The third-order valence-electron chi connectivity index (χ3n) is 6.98. The Labute approximate surface area is 172 Å². The van der Waals surface area contributed by atoms with Gasteiger partial charge in [0.2, 0.25) is 5.91 Å². The first-order chi connectivity index (χ1) is 14.0. The molecule has 0 radical (unpaired) electrons. The monoisotopic (exact) mass is 398 g/mol. The van der Waals surface area contributed by atoms with E-state index in [1.807, 2.05) is 25.1 Å². The normalized spacial score (nSPS) is 28.2. The summed E-state index contributed by atoms with van der Waals surface area (Å²) in [5.74, 6) is -0.00646. The van der Waals surface area contributed by atoms with Gasteiger partial charge in [-0.15, -0.1) is 0 Å². The highest BCUT2D eigenvalue weighted by atomic mass is 16.5. The van der Waals surface area contributed by atoms with Crippen LogP contribution >= 0.6 is 0 Å². The van der Waals surface area contributed by atoms with Crippen molar-refractivity contribution >= 4 is 17.6 Å². The van der Waals surface area contributed by atoms with E-state index in [1.165, 1.54) is 19.3 Å². The SMILES string of the molecule is CC12C(=O)CO[C@@H]1CCN2C(=O)[C@H](CC1CCCCC1)NC(=O)c1ccccc1. The largest absolute Gasteiger partial charge is 0.367 e. The van der Waals surface area contributed by atoms with Crippen molar-refractivity contribution in [2.24, 2.45) is 5.92 Å². The number of benzene rings is 1. The highest BCUT2D eigenvalue weighted by molar-refractivity contribution is 6.00. The van der Waals surface area contributed by atoms with Crippen LogP contribution in [0.1, 0.15) is 62.2 Å². The van der Waals surface area contributed by atoms with Crippen molar-refractivity contribution in [2.45, 2.75) is 69.6 Å². The van der Waals surface area contributed by atoms with E-state index in [4.69, 9.17) is 4.74 Å². The molecule has 1 N–H and O–H groups in total. The van der Waals surface area contributed by atoms with E-state index in [2.05, 4.69) is 5.32 Å². The van der Waals surface area contributed by atoms with Gasteiger partial charge in [0.15, 0.2) is 5.78 Å². The molecule has 2 saturated heterocycles. The predicted octanol–water partition coefficient (Wildman–Crippen LogP) is 2.71. The minimum absolute atomic E-state index is 0.0425. The average Bonchev–Trinajstić information content (AvgIpc) is 3.23. The van der Waals surface area contributed by atoms with Gasteiger partial charge >= 0.3 is 0 Å². The molecule has 0 spiro atoms. The Hall–Kier alpha value is -2.21. The zero-order chi connectivity index (χ0) is 20.4. The summed E-state index contributed by atoms with van der Waals surface area (Å²) in [6.45, 7) is 2.37. The predicted molar refractivity (Wildman–Crippen MR) is 108 cm³/mol. The maximum Gasteiger partial charge on any atom is 0.251 e. The van der Waals surface area contributed by atoms with Crippen LogP contribution < -0.4 is 5.32 Å². The summed E-state index contributed by atoms with van der Waals surface area (Å²) in [5.41, 5.74) is -0.362. The molecule has 2 amide bonds. The first kappa shape index (κ1) is 20.1. The second-order valence-electron chi connectivity index (χ2n) is 8.78. The first-order valence-corrected chi connectivity index (χ1v) is 10.8. The number of fused-ring (bicyclic) bond motifs is 1. The molecule has 29 heavy (non-hydrogen) atoms. The molecule has 2 aliphatic heterocycles. The quantitative estimate of drug-likeness (QED) is 0.828. The van der Waals surface area contributed by atoms with Crippen molar-refractivity contribution in [1.29, 1.82) is 0 Å².